The number of amides is 1. The minimum atomic E-state index is -1.04. The molecule has 6 heteroatoms. The molecule has 2 unspecified atom stereocenters. The average Bonchev–Trinajstić information content (AvgIpc) is 2.62. The Kier molecular flexibility index (Phi) is 2.91. The number of rotatable bonds is 2. The van der Waals surface area contributed by atoms with Crippen LogP contribution in [0.1, 0.15) is 0 Å². The highest BCUT2D eigenvalue weighted by molar-refractivity contribution is 5.65. The van der Waals surface area contributed by atoms with Gasteiger partial charge in [0, 0.05) is 12.4 Å². The summed E-state index contributed by atoms with van der Waals surface area (Å²) in [5, 5.41) is 18.4. The zero-order chi connectivity index (χ0) is 11.5. The summed E-state index contributed by atoms with van der Waals surface area (Å²) in [5.41, 5.74) is 0. The molecule has 1 aromatic rings. The Labute approximate surface area is 92.1 Å². The Bertz CT molecular complexity index is 370. The second-order valence-corrected chi connectivity index (χ2v) is 3.59. The van der Waals surface area contributed by atoms with E-state index in [2.05, 4.69) is 4.98 Å². The van der Waals surface area contributed by atoms with Crippen LogP contribution in [0.3, 0.4) is 0 Å². The van der Waals surface area contributed by atoms with Crippen LogP contribution in [-0.2, 0) is 0 Å². The second-order valence-electron chi connectivity index (χ2n) is 3.59. The predicted molar refractivity (Wildman–Crippen MR) is 54.3 cm³/mol. The van der Waals surface area contributed by atoms with E-state index in [1.54, 1.807) is 24.5 Å². The van der Waals surface area contributed by atoms with Gasteiger partial charge in [0.2, 0.25) is 0 Å². The summed E-state index contributed by atoms with van der Waals surface area (Å²) < 4.78 is 5.47. The van der Waals surface area contributed by atoms with Crippen molar-refractivity contribution in [3.05, 3.63) is 24.5 Å². The molecule has 1 fully saturated rings. The second kappa shape index (κ2) is 4.36. The molecule has 2 heterocycles. The van der Waals surface area contributed by atoms with Crippen molar-refractivity contribution in [1.82, 2.24) is 9.88 Å². The number of aliphatic hydroxyl groups is 1. The molecular formula is C10H12N2O4. The standard InChI is InChI=1S/C10H12N2O4/c13-8-5-12(10(14)15)6-9(8)16-7-1-3-11-4-2-7/h1-4,8-9,13H,5-6H2,(H,14,15). The number of pyridine rings is 1. The summed E-state index contributed by atoms with van der Waals surface area (Å²) in [6.45, 7) is 0.268. The van der Waals surface area contributed by atoms with Crippen molar-refractivity contribution < 1.29 is 19.7 Å². The number of carboxylic acid groups (broad SMARTS) is 1. The predicted octanol–water partition coefficient (Wildman–Crippen LogP) is 0.183. The lowest BCUT2D eigenvalue weighted by Gasteiger charge is -2.15. The minimum Gasteiger partial charge on any atom is -0.486 e. The Morgan fingerprint density at radius 2 is 2.12 bits per heavy atom. The van der Waals surface area contributed by atoms with E-state index in [9.17, 15) is 9.90 Å². The van der Waals surface area contributed by atoms with Gasteiger partial charge >= 0.3 is 6.09 Å². The van der Waals surface area contributed by atoms with Crippen LogP contribution in [0.25, 0.3) is 0 Å². The Morgan fingerprint density at radius 3 is 2.69 bits per heavy atom. The number of hydrogen-bond acceptors (Lipinski definition) is 4. The molecule has 2 atom stereocenters. The van der Waals surface area contributed by atoms with Gasteiger partial charge < -0.3 is 19.8 Å². The number of β-amino-alcohol motifs (C(OH)–C–C–N with tert-alkyl or cyclic N) is 1. The third-order valence-electron chi connectivity index (χ3n) is 2.44. The first-order valence-corrected chi connectivity index (χ1v) is 4.89. The first-order valence-electron chi connectivity index (χ1n) is 4.89. The van der Waals surface area contributed by atoms with E-state index in [4.69, 9.17) is 9.84 Å². The van der Waals surface area contributed by atoms with Gasteiger partial charge in [0.1, 0.15) is 18.0 Å². The van der Waals surface area contributed by atoms with Gasteiger partial charge in [-0.05, 0) is 12.1 Å². The number of nitrogens with zero attached hydrogens (tertiary/aromatic N) is 2. The number of ether oxygens (including phenoxy) is 1. The van der Waals surface area contributed by atoms with E-state index in [0.29, 0.717) is 5.75 Å². The van der Waals surface area contributed by atoms with Crippen LogP contribution in [0.5, 0.6) is 5.75 Å². The Hall–Kier alpha value is -1.82. The molecule has 0 radical (unpaired) electrons. The van der Waals surface area contributed by atoms with Crippen molar-refractivity contribution in [2.75, 3.05) is 13.1 Å². The SMILES string of the molecule is O=C(O)N1CC(O)C(Oc2ccncc2)C1. The number of aromatic nitrogens is 1. The Morgan fingerprint density at radius 1 is 1.44 bits per heavy atom. The van der Waals surface area contributed by atoms with Crippen molar-refractivity contribution in [3.8, 4) is 5.75 Å². The summed E-state index contributed by atoms with van der Waals surface area (Å²) in [4.78, 5) is 15.7. The highest BCUT2D eigenvalue weighted by atomic mass is 16.5. The quantitative estimate of drug-likeness (QED) is 0.749. The van der Waals surface area contributed by atoms with Gasteiger partial charge in [0.15, 0.2) is 0 Å². The zero-order valence-corrected chi connectivity index (χ0v) is 8.48. The average molecular weight is 224 g/mol. The maximum Gasteiger partial charge on any atom is 0.407 e. The van der Waals surface area contributed by atoms with Crippen LogP contribution in [0.4, 0.5) is 4.79 Å². The fourth-order valence-corrected chi connectivity index (χ4v) is 1.62. The van der Waals surface area contributed by atoms with E-state index in [1.165, 1.54) is 0 Å². The minimum absolute atomic E-state index is 0.0884. The van der Waals surface area contributed by atoms with Crippen LogP contribution in [-0.4, -0.2) is 51.5 Å². The summed E-state index contributed by atoms with van der Waals surface area (Å²) in [6, 6.07) is 3.33. The molecule has 2 N–H and O–H groups in total. The van der Waals surface area contributed by atoms with Gasteiger partial charge in [-0.1, -0.05) is 0 Å². The normalized spacial score (nSPS) is 24.4. The van der Waals surface area contributed by atoms with Crippen molar-refractivity contribution in [2.24, 2.45) is 0 Å². The highest BCUT2D eigenvalue weighted by Gasteiger charge is 2.35. The number of carbonyl (C=O) groups is 1. The number of hydrogen-bond donors (Lipinski definition) is 2. The summed E-state index contributed by atoms with van der Waals surface area (Å²) in [5.74, 6) is 0.575. The maximum atomic E-state index is 10.7. The molecule has 0 aromatic carbocycles. The van der Waals surface area contributed by atoms with Gasteiger partial charge in [-0.25, -0.2) is 4.79 Å². The smallest absolute Gasteiger partial charge is 0.407 e. The van der Waals surface area contributed by atoms with Crippen molar-refractivity contribution in [1.29, 1.82) is 0 Å². The lowest BCUT2D eigenvalue weighted by atomic mass is 10.2. The number of likely N-dealkylation sites (tertiary alicyclic amines) is 1. The zero-order valence-electron chi connectivity index (χ0n) is 8.48. The topological polar surface area (TPSA) is 82.9 Å². The molecule has 1 aliphatic rings. The van der Waals surface area contributed by atoms with Crippen LogP contribution >= 0.6 is 0 Å². The van der Waals surface area contributed by atoms with Crippen LogP contribution in [0.2, 0.25) is 0 Å². The lowest BCUT2D eigenvalue weighted by Crippen LogP contribution is -2.30. The fraction of sp³-hybridized carbons (Fsp3) is 0.400. The number of aliphatic hydroxyl groups excluding tert-OH is 1. The van der Waals surface area contributed by atoms with Crippen LogP contribution in [0.15, 0.2) is 24.5 Å². The molecule has 1 amide bonds. The van der Waals surface area contributed by atoms with Crippen LogP contribution < -0.4 is 4.74 Å². The molecule has 0 bridgehead atoms. The Balaban J connectivity index is 1.99. The molecule has 6 nitrogen and oxygen atoms in total. The molecule has 86 valence electrons. The largest absolute Gasteiger partial charge is 0.486 e. The first-order chi connectivity index (χ1) is 7.66. The first kappa shape index (κ1) is 10.7. The molecule has 0 saturated carbocycles. The van der Waals surface area contributed by atoms with Crippen molar-refractivity contribution >= 4 is 6.09 Å². The summed E-state index contributed by atoms with van der Waals surface area (Å²) in [7, 11) is 0. The fourth-order valence-electron chi connectivity index (χ4n) is 1.62. The van der Waals surface area contributed by atoms with Gasteiger partial charge in [-0.3, -0.25) is 4.98 Å². The van der Waals surface area contributed by atoms with E-state index >= 15 is 0 Å². The molecule has 1 aliphatic heterocycles. The maximum absolute atomic E-state index is 10.7. The third-order valence-corrected chi connectivity index (χ3v) is 2.44. The van der Waals surface area contributed by atoms with E-state index in [1.807, 2.05) is 0 Å². The van der Waals surface area contributed by atoms with Gasteiger partial charge in [-0.15, -0.1) is 0 Å². The van der Waals surface area contributed by atoms with E-state index in [-0.39, 0.29) is 13.1 Å². The molecule has 2 rings (SSSR count). The molecule has 1 saturated heterocycles. The summed E-state index contributed by atoms with van der Waals surface area (Å²) >= 11 is 0. The summed E-state index contributed by atoms with van der Waals surface area (Å²) in [6.07, 6.45) is 0.805. The molecule has 1 aromatic heterocycles. The monoisotopic (exact) mass is 224 g/mol. The highest BCUT2D eigenvalue weighted by Crippen LogP contribution is 2.17. The van der Waals surface area contributed by atoms with Crippen LogP contribution in [0, 0.1) is 0 Å². The van der Waals surface area contributed by atoms with E-state index < -0.39 is 18.3 Å². The van der Waals surface area contributed by atoms with Gasteiger partial charge in [0.25, 0.3) is 0 Å². The van der Waals surface area contributed by atoms with E-state index in [0.717, 1.165) is 4.90 Å². The lowest BCUT2D eigenvalue weighted by molar-refractivity contribution is 0.0736. The molecule has 0 aliphatic carbocycles. The molecule has 16 heavy (non-hydrogen) atoms. The third kappa shape index (κ3) is 2.22. The van der Waals surface area contributed by atoms with Crippen molar-refractivity contribution in [3.63, 3.8) is 0 Å². The van der Waals surface area contributed by atoms with Gasteiger partial charge in [0.05, 0.1) is 13.1 Å². The molecular weight excluding hydrogens is 212 g/mol. The van der Waals surface area contributed by atoms with Gasteiger partial charge in [-0.2, -0.15) is 0 Å². The molecule has 0 spiro atoms. The van der Waals surface area contributed by atoms with Crippen molar-refractivity contribution in [2.45, 2.75) is 12.2 Å².